The molecule has 0 spiro atoms. The first-order valence-corrected chi connectivity index (χ1v) is 14.4. The lowest BCUT2D eigenvalue weighted by atomic mass is 10.2. The van der Waals surface area contributed by atoms with Crippen molar-refractivity contribution in [3.05, 3.63) is 40.1 Å². The molecule has 34 heavy (non-hydrogen) atoms. The third kappa shape index (κ3) is 4.46. The molecule has 0 amide bonds. The highest BCUT2D eigenvalue weighted by Gasteiger charge is 2.31. The van der Waals surface area contributed by atoms with Gasteiger partial charge < -0.3 is 9.72 Å². The monoisotopic (exact) mass is 508 g/mol. The Labute approximate surface area is 198 Å². The van der Waals surface area contributed by atoms with E-state index >= 15 is 0 Å². The molecule has 2 N–H and O–H groups in total. The molecule has 0 unspecified atom stereocenters. The summed E-state index contributed by atoms with van der Waals surface area (Å²) in [5, 5.41) is 4.59. The van der Waals surface area contributed by atoms with Gasteiger partial charge in [-0.3, -0.25) is 9.57 Å². The van der Waals surface area contributed by atoms with Crippen molar-refractivity contribution in [1.29, 1.82) is 4.78 Å². The van der Waals surface area contributed by atoms with Gasteiger partial charge in [0.15, 0.2) is 11.3 Å². The van der Waals surface area contributed by atoms with Gasteiger partial charge in [0.2, 0.25) is 10.0 Å². The summed E-state index contributed by atoms with van der Waals surface area (Å²) in [6.45, 7) is 5.93. The summed E-state index contributed by atoms with van der Waals surface area (Å²) in [7, 11) is -6.65. The highest BCUT2D eigenvalue weighted by molar-refractivity contribution is 7.93. The number of sulfonamides is 1. The molecule has 0 saturated carbocycles. The summed E-state index contributed by atoms with van der Waals surface area (Å²) in [6, 6.07) is 4.41. The molecule has 184 valence electrons. The normalized spacial score (nSPS) is 16.7. The average Bonchev–Trinajstić information content (AvgIpc) is 3.09. The van der Waals surface area contributed by atoms with Gasteiger partial charge in [0.1, 0.15) is 11.6 Å². The first-order chi connectivity index (χ1) is 16.1. The minimum atomic E-state index is -3.91. The van der Waals surface area contributed by atoms with Crippen molar-refractivity contribution in [2.24, 2.45) is 0 Å². The summed E-state index contributed by atoms with van der Waals surface area (Å²) in [5.41, 5.74) is 0.869. The van der Waals surface area contributed by atoms with Crippen molar-refractivity contribution in [2.45, 2.75) is 38.5 Å². The molecule has 13 heteroatoms. The van der Waals surface area contributed by atoms with Crippen LogP contribution in [0.5, 0.6) is 5.75 Å². The van der Waals surface area contributed by atoms with Crippen LogP contribution in [0.2, 0.25) is 0 Å². The first kappa shape index (κ1) is 24.4. The fraction of sp³-hybridized carbons (Fsp3) is 0.476. The predicted molar refractivity (Wildman–Crippen MR) is 128 cm³/mol. The van der Waals surface area contributed by atoms with E-state index in [0.717, 1.165) is 6.42 Å². The van der Waals surface area contributed by atoms with Gasteiger partial charge in [0, 0.05) is 40.7 Å². The second-order valence-electron chi connectivity index (χ2n) is 8.14. The fourth-order valence-electron chi connectivity index (χ4n) is 3.98. The summed E-state index contributed by atoms with van der Waals surface area (Å²) in [5.74, 6) is 1.20. The zero-order valence-corrected chi connectivity index (χ0v) is 21.0. The van der Waals surface area contributed by atoms with Gasteiger partial charge in [-0.15, -0.1) is 5.10 Å². The molecule has 1 aliphatic heterocycles. The zero-order valence-electron chi connectivity index (χ0n) is 19.3. The highest BCUT2D eigenvalue weighted by atomic mass is 32.2. The van der Waals surface area contributed by atoms with Crippen molar-refractivity contribution >= 4 is 25.3 Å². The molecular formula is C21H28N6O5S2. The number of aromatic nitrogens is 4. The number of fused-ring (bicyclic) bond motifs is 1. The van der Waals surface area contributed by atoms with E-state index in [4.69, 9.17) is 9.52 Å². The number of H-pyrrole nitrogens is 1. The molecule has 0 atom stereocenters. The Morgan fingerprint density at radius 2 is 1.94 bits per heavy atom. The van der Waals surface area contributed by atoms with E-state index in [1.165, 1.54) is 21.0 Å². The molecule has 1 fully saturated rings. The lowest BCUT2D eigenvalue weighted by molar-refractivity contribution is 0.341. The second-order valence-corrected chi connectivity index (χ2v) is 12.5. The number of hydrogen-bond donors (Lipinski definition) is 2. The van der Waals surface area contributed by atoms with E-state index in [1.54, 1.807) is 19.9 Å². The van der Waals surface area contributed by atoms with Crippen LogP contribution in [0.25, 0.3) is 16.9 Å². The number of nitrogens with one attached hydrogen (secondary N) is 2. The van der Waals surface area contributed by atoms with E-state index in [0.29, 0.717) is 41.4 Å². The summed E-state index contributed by atoms with van der Waals surface area (Å²) in [4.78, 5) is 20.1. The number of hydrogen-bond acceptors (Lipinski definition) is 8. The van der Waals surface area contributed by atoms with Gasteiger partial charge in [-0.05, 0) is 38.5 Å². The van der Waals surface area contributed by atoms with Crippen LogP contribution in [0.15, 0.2) is 27.9 Å². The second kappa shape index (κ2) is 9.12. The lowest BCUT2D eigenvalue weighted by Gasteiger charge is -2.27. The fourth-order valence-corrected chi connectivity index (χ4v) is 6.91. The summed E-state index contributed by atoms with van der Waals surface area (Å²) < 4.78 is 54.7. The molecule has 2 aromatic heterocycles. The SMILES string of the molecule is CCCc1nc(C)c2c(=O)[nH]c(-c3cc(S(=O)(=O)N4CCS(=N)(=O)CC4)ccc3OCC)nn12. The van der Waals surface area contributed by atoms with Crippen LogP contribution in [0, 0.1) is 11.7 Å². The van der Waals surface area contributed by atoms with E-state index < -0.39 is 19.8 Å². The number of imidazole rings is 1. The molecule has 11 nitrogen and oxygen atoms in total. The highest BCUT2D eigenvalue weighted by Crippen LogP contribution is 2.31. The van der Waals surface area contributed by atoms with E-state index in [9.17, 15) is 17.4 Å². The molecule has 1 aliphatic rings. The maximum Gasteiger partial charge on any atom is 0.277 e. The largest absolute Gasteiger partial charge is 0.493 e. The number of ether oxygens (including phenoxy) is 1. The smallest absolute Gasteiger partial charge is 0.277 e. The van der Waals surface area contributed by atoms with Crippen LogP contribution in [-0.4, -0.2) is 67.7 Å². The van der Waals surface area contributed by atoms with Crippen molar-refractivity contribution < 1.29 is 17.4 Å². The van der Waals surface area contributed by atoms with Gasteiger partial charge in [-0.2, -0.15) is 4.31 Å². The van der Waals surface area contributed by atoms with Crippen LogP contribution in [0.3, 0.4) is 0 Å². The van der Waals surface area contributed by atoms with Crippen molar-refractivity contribution in [2.75, 3.05) is 31.2 Å². The Morgan fingerprint density at radius 1 is 1.24 bits per heavy atom. The number of benzene rings is 1. The van der Waals surface area contributed by atoms with Crippen LogP contribution >= 0.6 is 0 Å². The van der Waals surface area contributed by atoms with E-state index in [2.05, 4.69) is 15.1 Å². The third-order valence-electron chi connectivity index (χ3n) is 5.70. The molecular weight excluding hydrogens is 480 g/mol. The van der Waals surface area contributed by atoms with Gasteiger partial charge in [-0.1, -0.05) is 6.92 Å². The molecule has 4 rings (SSSR count). The summed E-state index contributed by atoms with van der Waals surface area (Å²) >= 11 is 0. The van der Waals surface area contributed by atoms with Crippen molar-refractivity contribution in [1.82, 2.24) is 23.9 Å². The topological polar surface area (TPSA) is 151 Å². The van der Waals surface area contributed by atoms with Crippen LogP contribution in [-0.2, 0) is 26.2 Å². The van der Waals surface area contributed by atoms with Crippen LogP contribution in [0.4, 0.5) is 0 Å². The molecule has 0 radical (unpaired) electrons. The molecule has 0 bridgehead atoms. The number of aryl methyl sites for hydroxylation is 2. The molecule has 1 saturated heterocycles. The molecule has 0 aliphatic carbocycles. The lowest BCUT2D eigenvalue weighted by Crippen LogP contribution is -2.43. The van der Waals surface area contributed by atoms with Crippen molar-refractivity contribution in [3.63, 3.8) is 0 Å². The van der Waals surface area contributed by atoms with Crippen LogP contribution in [0.1, 0.15) is 31.8 Å². The first-order valence-electron chi connectivity index (χ1n) is 11.1. The van der Waals surface area contributed by atoms with Crippen molar-refractivity contribution in [3.8, 4) is 17.1 Å². The maximum atomic E-state index is 13.3. The number of nitrogens with zero attached hydrogens (tertiary/aromatic N) is 4. The summed E-state index contributed by atoms with van der Waals surface area (Å²) in [6.07, 6.45) is 1.45. The molecule has 3 heterocycles. The molecule has 1 aromatic carbocycles. The Balaban J connectivity index is 1.85. The standard InChI is InChI=1S/C21H28N6O5S2/c1-4-6-18-23-14(3)19-21(28)24-20(25-27(18)19)16-13-15(7-8-17(16)32-5-2)34(30,31)26-9-11-33(22,29)12-10-26/h7-8,13,22H,4-6,9-12H2,1-3H3,(H,24,25,28). The van der Waals surface area contributed by atoms with Gasteiger partial charge in [0.05, 0.1) is 22.8 Å². The third-order valence-corrected chi connectivity index (χ3v) is 9.28. The van der Waals surface area contributed by atoms with Crippen LogP contribution < -0.4 is 10.3 Å². The van der Waals surface area contributed by atoms with Gasteiger partial charge in [0.25, 0.3) is 5.56 Å². The maximum absolute atomic E-state index is 13.3. The Hall–Kier alpha value is -2.77. The van der Waals surface area contributed by atoms with E-state index in [-0.39, 0.29) is 40.9 Å². The Morgan fingerprint density at radius 3 is 2.59 bits per heavy atom. The van der Waals surface area contributed by atoms with E-state index in [1.807, 2.05) is 6.92 Å². The van der Waals surface area contributed by atoms with Gasteiger partial charge >= 0.3 is 0 Å². The Bertz CT molecular complexity index is 1490. The molecule has 3 aromatic rings. The minimum absolute atomic E-state index is 0.00183. The average molecular weight is 509 g/mol. The Kier molecular flexibility index (Phi) is 6.53. The van der Waals surface area contributed by atoms with Gasteiger partial charge in [-0.25, -0.2) is 22.1 Å². The number of aromatic amines is 1. The minimum Gasteiger partial charge on any atom is -0.493 e. The zero-order chi connectivity index (χ0) is 24.7. The quantitative estimate of drug-likeness (QED) is 0.494. The predicted octanol–water partition coefficient (Wildman–Crippen LogP) is 1.80. The number of rotatable bonds is 7.